The first-order valence-electron chi connectivity index (χ1n) is 5.95. The second-order valence-electron chi connectivity index (χ2n) is 4.34. The van der Waals surface area contributed by atoms with Crippen molar-refractivity contribution in [1.29, 1.82) is 0 Å². The van der Waals surface area contributed by atoms with E-state index in [1.54, 1.807) is 41.1 Å². The van der Waals surface area contributed by atoms with Gasteiger partial charge in [-0.3, -0.25) is 4.79 Å². The zero-order valence-corrected chi connectivity index (χ0v) is 12.0. The molecule has 0 spiro atoms. The van der Waals surface area contributed by atoms with Crippen LogP contribution in [0.4, 0.5) is 0 Å². The Labute approximate surface area is 120 Å². The van der Waals surface area contributed by atoms with E-state index >= 15 is 0 Å². The van der Waals surface area contributed by atoms with E-state index in [0.717, 1.165) is 22.6 Å². The minimum Gasteiger partial charge on any atom is -0.481 e. The normalized spacial score (nSPS) is 12.3. The number of hydrogen-bond acceptors (Lipinski definition) is 3. The van der Waals surface area contributed by atoms with E-state index in [-0.39, 0.29) is 0 Å². The van der Waals surface area contributed by atoms with Gasteiger partial charge in [0, 0.05) is 9.90 Å². The topological polar surface area (TPSA) is 50.2 Å². The fraction of sp³-hybridized carbons (Fsp3) is 0.286. The second kappa shape index (κ2) is 6.17. The highest BCUT2D eigenvalue weighted by Crippen LogP contribution is 2.25. The van der Waals surface area contributed by atoms with Crippen molar-refractivity contribution < 1.29 is 9.90 Å². The standard InChI is InChI=1S/C14H14ClNO2S/c1-9-13(19-8-16-9)7-6-12(14(17)18)10-2-4-11(15)5-3-10/h2-5,8,12H,6-7H2,1H3,(H,17,18). The molecule has 5 heteroatoms. The number of nitrogens with zero attached hydrogens (tertiary/aromatic N) is 1. The molecule has 0 aliphatic carbocycles. The van der Waals surface area contributed by atoms with E-state index in [1.165, 1.54) is 0 Å². The summed E-state index contributed by atoms with van der Waals surface area (Å²) in [5.74, 6) is -1.30. The number of rotatable bonds is 5. The van der Waals surface area contributed by atoms with Crippen LogP contribution in [0.5, 0.6) is 0 Å². The highest BCUT2D eigenvalue weighted by molar-refractivity contribution is 7.09. The molecule has 0 radical (unpaired) electrons. The summed E-state index contributed by atoms with van der Waals surface area (Å²) in [5.41, 5.74) is 3.58. The van der Waals surface area contributed by atoms with Crippen LogP contribution in [0.15, 0.2) is 29.8 Å². The Morgan fingerprint density at radius 1 is 1.42 bits per heavy atom. The summed E-state index contributed by atoms with van der Waals surface area (Å²) in [5, 5.41) is 9.97. The van der Waals surface area contributed by atoms with Gasteiger partial charge < -0.3 is 5.11 Å². The molecule has 0 saturated carbocycles. The minimum absolute atomic E-state index is 0.501. The molecule has 1 unspecified atom stereocenters. The van der Waals surface area contributed by atoms with Crippen molar-refractivity contribution >= 4 is 28.9 Å². The van der Waals surface area contributed by atoms with Crippen molar-refractivity contribution in [3.63, 3.8) is 0 Å². The van der Waals surface area contributed by atoms with Gasteiger partial charge in [0.25, 0.3) is 0 Å². The molecule has 0 aliphatic rings. The van der Waals surface area contributed by atoms with E-state index < -0.39 is 11.9 Å². The first kappa shape index (κ1) is 14.0. The molecule has 0 aliphatic heterocycles. The predicted octanol–water partition coefficient (Wildman–Crippen LogP) is 3.91. The molecular weight excluding hydrogens is 282 g/mol. The molecule has 100 valence electrons. The van der Waals surface area contributed by atoms with E-state index in [0.29, 0.717) is 11.4 Å². The Bertz CT molecular complexity index is 565. The van der Waals surface area contributed by atoms with Gasteiger partial charge in [0.15, 0.2) is 0 Å². The number of carboxylic acid groups (broad SMARTS) is 1. The van der Waals surface area contributed by atoms with Crippen LogP contribution in [0, 0.1) is 6.92 Å². The van der Waals surface area contributed by atoms with Gasteiger partial charge >= 0.3 is 5.97 Å². The Kier molecular flexibility index (Phi) is 4.56. The molecule has 0 amide bonds. The summed E-state index contributed by atoms with van der Waals surface area (Å²) in [7, 11) is 0. The van der Waals surface area contributed by atoms with Gasteiger partial charge in [0.2, 0.25) is 0 Å². The SMILES string of the molecule is Cc1ncsc1CCC(C(=O)O)c1ccc(Cl)cc1. The molecule has 1 atom stereocenters. The van der Waals surface area contributed by atoms with Crippen LogP contribution in [0.25, 0.3) is 0 Å². The maximum atomic E-state index is 11.4. The van der Waals surface area contributed by atoms with Gasteiger partial charge in [-0.25, -0.2) is 4.98 Å². The van der Waals surface area contributed by atoms with Crippen molar-refractivity contribution in [2.75, 3.05) is 0 Å². The molecule has 1 heterocycles. The summed E-state index contributed by atoms with van der Waals surface area (Å²) < 4.78 is 0. The van der Waals surface area contributed by atoms with Gasteiger partial charge in [-0.15, -0.1) is 11.3 Å². The number of aryl methyl sites for hydroxylation is 2. The fourth-order valence-electron chi connectivity index (χ4n) is 1.97. The van der Waals surface area contributed by atoms with Crippen molar-refractivity contribution in [2.24, 2.45) is 0 Å². The van der Waals surface area contributed by atoms with Crippen molar-refractivity contribution in [3.05, 3.63) is 50.9 Å². The number of aromatic nitrogens is 1. The lowest BCUT2D eigenvalue weighted by Crippen LogP contribution is -2.12. The number of halogens is 1. The van der Waals surface area contributed by atoms with Gasteiger partial charge in [0.05, 0.1) is 17.1 Å². The summed E-state index contributed by atoms with van der Waals surface area (Å²) >= 11 is 7.40. The molecule has 1 aromatic heterocycles. The van der Waals surface area contributed by atoms with Gasteiger partial charge in [0.1, 0.15) is 0 Å². The zero-order chi connectivity index (χ0) is 13.8. The van der Waals surface area contributed by atoms with Gasteiger partial charge in [-0.05, 0) is 37.5 Å². The van der Waals surface area contributed by atoms with E-state index in [9.17, 15) is 9.90 Å². The zero-order valence-electron chi connectivity index (χ0n) is 10.5. The first-order valence-corrected chi connectivity index (χ1v) is 7.21. The monoisotopic (exact) mass is 295 g/mol. The highest BCUT2D eigenvalue weighted by atomic mass is 35.5. The number of hydrogen-bond donors (Lipinski definition) is 1. The maximum absolute atomic E-state index is 11.4. The Hall–Kier alpha value is -1.39. The van der Waals surface area contributed by atoms with Gasteiger partial charge in [-0.1, -0.05) is 23.7 Å². The second-order valence-corrected chi connectivity index (χ2v) is 5.72. The third-order valence-corrected chi connectivity index (χ3v) is 4.32. The molecule has 0 saturated heterocycles. The van der Waals surface area contributed by atoms with Crippen LogP contribution in [-0.4, -0.2) is 16.1 Å². The molecule has 19 heavy (non-hydrogen) atoms. The highest BCUT2D eigenvalue weighted by Gasteiger charge is 2.20. The van der Waals surface area contributed by atoms with Crippen LogP contribution >= 0.6 is 22.9 Å². The lowest BCUT2D eigenvalue weighted by Gasteiger charge is -2.12. The summed E-state index contributed by atoms with van der Waals surface area (Å²) in [4.78, 5) is 16.7. The van der Waals surface area contributed by atoms with E-state index in [1.807, 2.05) is 6.92 Å². The van der Waals surface area contributed by atoms with Crippen molar-refractivity contribution in [1.82, 2.24) is 4.98 Å². The molecule has 2 rings (SSSR count). The number of carbonyl (C=O) groups is 1. The third kappa shape index (κ3) is 3.55. The molecular formula is C14H14ClNO2S. The average molecular weight is 296 g/mol. The minimum atomic E-state index is -0.801. The van der Waals surface area contributed by atoms with E-state index in [4.69, 9.17) is 11.6 Å². The molecule has 3 nitrogen and oxygen atoms in total. The van der Waals surface area contributed by atoms with Gasteiger partial charge in [-0.2, -0.15) is 0 Å². The largest absolute Gasteiger partial charge is 0.481 e. The number of thiazole rings is 1. The van der Waals surface area contributed by atoms with E-state index in [2.05, 4.69) is 4.98 Å². The van der Waals surface area contributed by atoms with Crippen LogP contribution in [0.3, 0.4) is 0 Å². The van der Waals surface area contributed by atoms with Crippen molar-refractivity contribution in [3.8, 4) is 0 Å². The molecule has 1 aromatic carbocycles. The van der Waals surface area contributed by atoms with Crippen LogP contribution in [-0.2, 0) is 11.2 Å². The number of benzene rings is 1. The predicted molar refractivity (Wildman–Crippen MR) is 77.0 cm³/mol. The Balaban J connectivity index is 2.11. The van der Waals surface area contributed by atoms with Crippen LogP contribution < -0.4 is 0 Å². The maximum Gasteiger partial charge on any atom is 0.310 e. The molecule has 0 fully saturated rings. The molecule has 0 bridgehead atoms. The summed E-state index contributed by atoms with van der Waals surface area (Å²) in [6.45, 7) is 1.95. The number of aliphatic carboxylic acids is 1. The lowest BCUT2D eigenvalue weighted by molar-refractivity contribution is -0.138. The van der Waals surface area contributed by atoms with Crippen LogP contribution in [0.2, 0.25) is 5.02 Å². The average Bonchev–Trinajstić information content (AvgIpc) is 2.77. The molecule has 2 aromatic rings. The van der Waals surface area contributed by atoms with Crippen molar-refractivity contribution in [2.45, 2.75) is 25.7 Å². The Morgan fingerprint density at radius 2 is 2.11 bits per heavy atom. The lowest BCUT2D eigenvalue weighted by atomic mass is 9.94. The molecule has 1 N–H and O–H groups in total. The summed E-state index contributed by atoms with van der Waals surface area (Å²) in [6, 6.07) is 7.01. The smallest absolute Gasteiger partial charge is 0.310 e. The quantitative estimate of drug-likeness (QED) is 0.910. The Morgan fingerprint density at radius 3 is 2.63 bits per heavy atom. The summed E-state index contributed by atoms with van der Waals surface area (Å²) in [6.07, 6.45) is 1.30. The van der Waals surface area contributed by atoms with Crippen LogP contribution in [0.1, 0.15) is 28.5 Å². The third-order valence-electron chi connectivity index (χ3n) is 3.08. The number of carboxylic acids is 1. The first-order chi connectivity index (χ1) is 9.08. The fourth-order valence-corrected chi connectivity index (χ4v) is 2.89.